The fourth-order valence-corrected chi connectivity index (χ4v) is 5.13. The summed E-state index contributed by atoms with van der Waals surface area (Å²) in [6.45, 7) is 9.20. The summed E-state index contributed by atoms with van der Waals surface area (Å²) in [6, 6.07) is 5.48. The molecule has 3 rings (SSSR count). The van der Waals surface area contributed by atoms with Crippen LogP contribution in [0.15, 0.2) is 18.2 Å². The third-order valence-corrected chi connectivity index (χ3v) is 7.40. The molecule has 0 aromatic heterocycles. The molecule has 7 nitrogen and oxygen atoms in total. The zero-order valence-electron chi connectivity index (χ0n) is 21.6. The minimum Gasteiger partial charge on any atom is -0.491 e. The molecule has 2 aliphatic rings. The minimum atomic E-state index is -0.107. The van der Waals surface area contributed by atoms with Crippen LogP contribution in [0.5, 0.6) is 5.75 Å². The number of ether oxygens (including phenoxy) is 2. The van der Waals surface area contributed by atoms with Crippen LogP contribution < -0.4 is 10.1 Å². The Balaban J connectivity index is 1.89. The van der Waals surface area contributed by atoms with Crippen LogP contribution in [0.1, 0.15) is 69.7 Å². The van der Waals surface area contributed by atoms with Crippen LogP contribution in [-0.2, 0) is 9.53 Å². The zero-order chi connectivity index (χ0) is 24.7. The van der Waals surface area contributed by atoms with E-state index in [1.54, 1.807) is 30.2 Å². The lowest BCUT2D eigenvalue weighted by atomic mass is 9.88. The van der Waals surface area contributed by atoms with E-state index in [1.165, 1.54) is 32.1 Å². The molecule has 1 aromatic carbocycles. The van der Waals surface area contributed by atoms with Gasteiger partial charge in [-0.05, 0) is 43.7 Å². The lowest BCUT2D eigenvalue weighted by Crippen LogP contribution is -2.48. The maximum atomic E-state index is 13.3. The highest BCUT2D eigenvalue weighted by Crippen LogP contribution is 2.29. The van der Waals surface area contributed by atoms with E-state index in [1.807, 2.05) is 14.0 Å². The van der Waals surface area contributed by atoms with Crippen molar-refractivity contribution in [2.75, 3.05) is 45.7 Å². The van der Waals surface area contributed by atoms with Crippen LogP contribution in [0.4, 0.5) is 5.69 Å². The van der Waals surface area contributed by atoms with Gasteiger partial charge in [-0.1, -0.05) is 33.1 Å². The van der Waals surface area contributed by atoms with Crippen molar-refractivity contribution in [2.24, 2.45) is 11.8 Å². The summed E-state index contributed by atoms with van der Waals surface area (Å²) in [5.41, 5.74) is 1.15. The lowest BCUT2D eigenvalue weighted by Gasteiger charge is -2.38. The summed E-state index contributed by atoms with van der Waals surface area (Å²) >= 11 is 0. The predicted octanol–water partition coefficient (Wildman–Crippen LogP) is 4.42. The van der Waals surface area contributed by atoms with Crippen LogP contribution in [0.2, 0.25) is 0 Å². The first-order valence-electron chi connectivity index (χ1n) is 12.9. The van der Waals surface area contributed by atoms with Crippen LogP contribution >= 0.6 is 0 Å². The summed E-state index contributed by atoms with van der Waals surface area (Å²) in [7, 11) is 3.55. The number of nitrogens with zero attached hydrogens (tertiary/aromatic N) is 2. The van der Waals surface area contributed by atoms with E-state index in [9.17, 15) is 9.59 Å². The number of rotatable bonds is 5. The Kier molecular flexibility index (Phi) is 9.77. The smallest absolute Gasteiger partial charge is 0.257 e. The maximum Gasteiger partial charge on any atom is 0.257 e. The fourth-order valence-electron chi connectivity index (χ4n) is 5.13. The second-order valence-corrected chi connectivity index (χ2v) is 10.2. The molecule has 34 heavy (non-hydrogen) atoms. The molecule has 1 saturated carbocycles. The third-order valence-electron chi connectivity index (χ3n) is 7.40. The summed E-state index contributed by atoms with van der Waals surface area (Å²) < 4.78 is 12.1. The number of carbonyl (C=O) groups is 2. The van der Waals surface area contributed by atoms with E-state index in [2.05, 4.69) is 24.1 Å². The topological polar surface area (TPSA) is 71.1 Å². The van der Waals surface area contributed by atoms with Gasteiger partial charge in [0.25, 0.3) is 5.91 Å². The normalized spacial score (nSPS) is 25.6. The Labute approximate surface area is 205 Å². The van der Waals surface area contributed by atoms with Crippen LogP contribution in [0.3, 0.4) is 0 Å². The van der Waals surface area contributed by atoms with Crippen molar-refractivity contribution in [3.63, 3.8) is 0 Å². The molecule has 190 valence electrons. The monoisotopic (exact) mass is 473 g/mol. The second kappa shape index (κ2) is 12.5. The first-order chi connectivity index (χ1) is 16.3. The Hall–Kier alpha value is -2.12. The lowest BCUT2D eigenvalue weighted by molar-refractivity contribution is -0.115. The van der Waals surface area contributed by atoms with Crippen molar-refractivity contribution in [2.45, 2.75) is 71.4 Å². The van der Waals surface area contributed by atoms with Crippen LogP contribution in [0.25, 0.3) is 0 Å². The fraction of sp³-hybridized carbons (Fsp3) is 0.704. The summed E-state index contributed by atoms with van der Waals surface area (Å²) in [5.74, 6) is 1.34. The van der Waals surface area contributed by atoms with E-state index in [-0.39, 0.29) is 29.9 Å². The van der Waals surface area contributed by atoms with Crippen LogP contribution in [0, 0.1) is 11.8 Å². The van der Waals surface area contributed by atoms with Gasteiger partial charge in [-0.3, -0.25) is 14.5 Å². The van der Waals surface area contributed by atoms with Gasteiger partial charge in [-0.15, -0.1) is 0 Å². The standard InChI is InChI=1S/C27H43N3O4/c1-6-26(31)28-22-12-13-23-24(14-22)34-18-20(3)30(16-21-10-8-7-9-11-21)15-19(2)25(33-5)17-29(4)27(23)32/h12-14,19-21,25H,6-11,15-18H2,1-5H3,(H,28,31)/t19-,20+,25-/m1/s1. The number of fused-ring (bicyclic) bond motifs is 1. The van der Waals surface area contributed by atoms with Gasteiger partial charge < -0.3 is 19.7 Å². The quantitative estimate of drug-likeness (QED) is 0.685. The van der Waals surface area contributed by atoms with Crippen molar-refractivity contribution in [1.29, 1.82) is 0 Å². The van der Waals surface area contributed by atoms with Crippen molar-refractivity contribution in [1.82, 2.24) is 9.80 Å². The molecular weight excluding hydrogens is 430 g/mol. The SMILES string of the molecule is CCC(=O)Nc1ccc2c(c1)OC[C@H](C)N(CC1CCCCC1)C[C@@H](C)[C@H](OC)CN(C)C2=O. The van der Waals surface area contributed by atoms with Gasteiger partial charge in [-0.2, -0.15) is 0 Å². The highest BCUT2D eigenvalue weighted by molar-refractivity contribution is 5.98. The molecule has 1 aromatic rings. The average molecular weight is 474 g/mol. The number of likely N-dealkylation sites (N-methyl/N-ethyl adjacent to an activating group) is 1. The van der Waals surface area contributed by atoms with Gasteiger partial charge in [0.2, 0.25) is 5.91 Å². The van der Waals surface area contributed by atoms with Crippen molar-refractivity contribution >= 4 is 17.5 Å². The summed E-state index contributed by atoms with van der Waals surface area (Å²) in [4.78, 5) is 29.5. The van der Waals surface area contributed by atoms with Gasteiger partial charge in [-0.25, -0.2) is 0 Å². The van der Waals surface area contributed by atoms with Gasteiger partial charge in [0.05, 0.1) is 11.7 Å². The van der Waals surface area contributed by atoms with Crippen molar-refractivity contribution in [3.05, 3.63) is 23.8 Å². The second-order valence-electron chi connectivity index (χ2n) is 10.2. The number of amides is 2. The van der Waals surface area contributed by atoms with E-state index in [4.69, 9.17) is 9.47 Å². The number of nitrogens with one attached hydrogen (secondary N) is 1. The van der Waals surface area contributed by atoms with E-state index >= 15 is 0 Å². The maximum absolute atomic E-state index is 13.3. The molecule has 1 heterocycles. The number of benzene rings is 1. The first-order valence-corrected chi connectivity index (χ1v) is 12.9. The number of methoxy groups -OCH3 is 1. The summed E-state index contributed by atoms with van der Waals surface area (Å²) in [6.07, 6.45) is 6.94. The molecule has 0 unspecified atom stereocenters. The Morgan fingerprint density at radius 1 is 1.18 bits per heavy atom. The minimum absolute atomic E-state index is 0.0538. The Morgan fingerprint density at radius 3 is 2.59 bits per heavy atom. The zero-order valence-corrected chi connectivity index (χ0v) is 21.6. The molecular formula is C27H43N3O4. The largest absolute Gasteiger partial charge is 0.491 e. The molecule has 0 bridgehead atoms. The Bertz CT molecular complexity index is 824. The molecule has 1 N–H and O–H groups in total. The number of carbonyl (C=O) groups excluding carboxylic acids is 2. The van der Waals surface area contributed by atoms with Gasteiger partial charge >= 0.3 is 0 Å². The average Bonchev–Trinajstić information content (AvgIpc) is 2.84. The molecule has 7 heteroatoms. The molecule has 1 aliphatic carbocycles. The van der Waals surface area contributed by atoms with Crippen molar-refractivity contribution in [3.8, 4) is 5.75 Å². The van der Waals surface area contributed by atoms with Gasteiger partial charge in [0.1, 0.15) is 12.4 Å². The number of anilines is 1. The molecule has 0 radical (unpaired) electrons. The summed E-state index contributed by atoms with van der Waals surface area (Å²) in [5, 5.41) is 2.88. The van der Waals surface area contributed by atoms with Crippen LogP contribution in [-0.4, -0.2) is 74.2 Å². The van der Waals surface area contributed by atoms with Gasteiger partial charge in [0.15, 0.2) is 0 Å². The molecule has 1 aliphatic heterocycles. The highest BCUT2D eigenvalue weighted by atomic mass is 16.5. The predicted molar refractivity (Wildman–Crippen MR) is 135 cm³/mol. The van der Waals surface area contributed by atoms with Crippen molar-refractivity contribution < 1.29 is 19.1 Å². The number of hydrogen-bond acceptors (Lipinski definition) is 5. The molecule has 0 spiro atoms. The molecule has 3 atom stereocenters. The molecule has 2 amide bonds. The Morgan fingerprint density at radius 2 is 1.91 bits per heavy atom. The number of hydrogen-bond donors (Lipinski definition) is 1. The van der Waals surface area contributed by atoms with Gasteiger partial charge in [0, 0.05) is 58.0 Å². The van der Waals surface area contributed by atoms with E-state index in [0.29, 0.717) is 36.6 Å². The first kappa shape index (κ1) is 26.5. The highest BCUT2D eigenvalue weighted by Gasteiger charge is 2.29. The van der Waals surface area contributed by atoms with E-state index in [0.717, 1.165) is 19.0 Å². The molecule has 1 fully saturated rings. The molecule has 0 saturated heterocycles. The van der Waals surface area contributed by atoms with E-state index < -0.39 is 0 Å². The third kappa shape index (κ3) is 6.95.